The molecule has 1 heterocycles. The van der Waals surface area contributed by atoms with E-state index in [-0.39, 0.29) is 0 Å². The predicted octanol–water partition coefficient (Wildman–Crippen LogP) is 2.17. The molecule has 1 aromatic rings. The molecule has 0 aromatic carbocycles. The van der Waals surface area contributed by atoms with Crippen LogP contribution >= 0.6 is 0 Å². The van der Waals surface area contributed by atoms with Crippen molar-refractivity contribution >= 4 is 0 Å². The first-order valence-electron chi connectivity index (χ1n) is 5.62. The summed E-state index contributed by atoms with van der Waals surface area (Å²) in [6, 6.07) is 0. The van der Waals surface area contributed by atoms with Crippen LogP contribution in [-0.4, -0.2) is 10.1 Å². The van der Waals surface area contributed by atoms with E-state index in [4.69, 9.17) is 10.3 Å². The Balaban J connectivity index is 2.12. The second kappa shape index (κ2) is 3.59. The molecule has 0 saturated heterocycles. The first kappa shape index (κ1) is 10.6. The second-order valence-electron chi connectivity index (χ2n) is 5.25. The molecule has 1 aliphatic rings. The van der Waals surface area contributed by atoms with E-state index in [1.165, 1.54) is 12.8 Å². The van der Waals surface area contributed by atoms with Crippen molar-refractivity contribution in [2.75, 3.05) is 0 Å². The van der Waals surface area contributed by atoms with Gasteiger partial charge in [-0.25, -0.2) is 0 Å². The number of rotatable bonds is 4. The molecule has 1 saturated carbocycles. The fraction of sp³-hybridized carbons (Fsp3) is 0.818. The van der Waals surface area contributed by atoms with Gasteiger partial charge < -0.3 is 10.3 Å². The van der Waals surface area contributed by atoms with Crippen LogP contribution in [0.25, 0.3) is 0 Å². The van der Waals surface area contributed by atoms with Gasteiger partial charge in [0.05, 0.1) is 5.54 Å². The Labute approximate surface area is 90.2 Å². The standard InChI is InChI=1S/C11H19N3O/c1-7(2)6-11(3,12)10-13-9(15-14-10)8-4-5-8/h7-8H,4-6,12H2,1-3H3. The molecule has 0 bridgehead atoms. The van der Waals surface area contributed by atoms with Gasteiger partial charge in [-0.15, -0.1) is 0 Å². The summed E-state index contributed by atoms with van der Waals surface area (Å²) in [5.74, 6) is 2.45. The van der Waals surface area contributed by atoms with Crippen LogP contribution in [0.15, 0.2) is 4.52 Å². The van der Waals surface area contributed by atoms with Crippen molar-refractivity contribution in [3.63, 3.8) is 0 Å². The SMILES string of the molecule is CC(C)CC(C)(N)c1noc(C2CC2)n1. The predicted molar refractivity (Wildman–Crippen MR) is 57.3 cm³/mol. The number of aromatic nitrogens is 2. The van der Waals surface area contributed by atoms with Crippen LogP contribution in [0.5, 0.6) is 0 Å². The summed E-state index contributed by atoms with van der Waals surface area (Å²) in [4.78, 5) is 4.39. The summed E-state index contributed by atoms with van der Waals surface area (Å²) in [6.45, 7) is 6.26. The molecule has 1 fully saturated rings. The minimum Gasteiger partial charge on any atom is -0.339 e. The van der Waals surface area contributed by atoms with Crippen LogP contribution in [-0.2, 0) is 5.54 Å². The highest BCUT2D eigenvalue weighted by atomic mass is 16.5. The molecule has 84 valence electrons. The highest BCUT2D eigenvalue weighted by molar-refractivity contribution is 5.07. The highest BCUT2D eigenvalue weighted by Gasteiger charge is 2.33. The van der Waals surface area contributed by atoms with Crippen molar-refractivity contribution in [1.82, 2.24) is 10.1 Å². The van der Waals surface area contributed by atoms with E-state index >= 15 is 0 Å². The Hall–Kier alpha value is -0.900. The number of nitrogens with zero attached hydrogens (tertiary/aromatic N) is 2. The van der Waals surface area contributed by atoms with Gasteiger partial charge in [-0.1, -0.05) is 19.0 Å². The van der Waals surface area contributed by atoms with Gasteiger partial charge in [-0.2, -0.15) is 4.98 Å². The van der Waals surface area contributed by atoms with Gasteiger partial charge in [0.15, 0.2) is 5.82 Å². The van der Waals surface area contributed by atoms with Crippen molar-refractivity contribution in [3.05, 3.63) is 11.7 Å². The van der Waals surface area contributed by atoms with E-state index in [9.17, 15) is 0 Å². The highest BCUT2D eigenvalue weighted by Crippen LogP contribution is 2.39. The van der Waals surface area contributed by atoms with Gasteiger partial charge in [0.25, 0.3) is 0 Å². The summed E-state index contributed by atoms with van der Waals surface area (Å²) in [7, 11) is 0. The number of nitrogens with two attached hydrogens (primary N) is 1. The van der Waals surface area contributed by atoms with Crippen LogP contribution in [0.2, 0.25) is 0 Å². The maximum atomic E-state index is 6.19. The number of hydrogen-bond acceptors (Lipinski definition) is 4. The minimum absolute atomic E-state index is 0.467. The lowest BCUT2D eigenvalue weighted by Crippen LogP contribution is -2.35. The second-order valence-corrected chi connectivity index (χ2v) is 5.25. The molecule has 0 spiro atoms. The molecular weight excluding hydrogens is 190 g/mol. The quantitative estimate of drug-likeness (QED) is 0.825. The van der Waals surface area contributed by atoms with Crippen molar-refractivity contribution < 1.29 is 4.52 Å². The molecule has 15 heavy (non-hydrogen) atoms. The Morgan fingerprint density at radius 2 is 2.20 bits per heavy atom. The molecule has 0 amide bonds. The Kier molecular flexibility index (Phi) is 2.54. The van der Waals surface area contributed by atoms with Gasteiger partial charge >= 0.3 is 0 Å². The average molecular weight is 209 g/mol. The van der Waals surface area contributed by atoms with Crippen molar-refractivity contribution in [1.29, 1.82) is 0 Å². The molecule has 4 nitrogen and oxygen atoms in total. The zero-order valence-corrected chi connectivity index (χ0v) is 9.66. The van der Waals surface area contributed by atoms with E-state index in [1.54, 1.807) is 0 Å². The average Bonchev–Trinajstić information content (AvgIpc) is 2.81. The molecule has 0 aliphatic heterocycles. The van der Waals surface area contributed by atoms with E-state index in [0.29, 0.717) is 17.7 Å². The molecular formula is C11H19N3O. The topological polar surface area (TPSA) is 64.9 Å². The van der Waals surface area contributed by atoms with E-state index in [0.717, 1.165) is 12.3 Å². The molecule has 2 N–H and O–H groups in total. The number of hydrogen-bond donors (Lipinski definition) is 1. The monoisotopic (exact) mass is 209 g/mol. The van der Waals surface area contributed by atoms with Gasteiger partial charge in [-0.3, -0.25) is 0 Å². The van der Waals surface area contributed by atoms with Gasteiger partial charge in [-0.05, 0) is 32.1 Å². The molecule has 1 unspecified atom stereocenters. The summed E-state index contributed by atoms with van der Waals surface area (Å²) >= 11 is 0. The van der Waals surface area contributed by atoms with Crippen LogP contribution < -0.4 is 5.73 Å². The van der Waals surface area contributed by atoms with Crippen molar-refractivity contribution in [2.45, 2.75) is 51.5 Å². The third-order valence-corrected chi connectivity index (χ3v) is 2.71. The fourth-order valence-corrected chi connectivity index (χ4v) is 1.90. The third kappa shape index (κ3) is 2.37. The lowest BCUT2D eigenvalue weighted by atomic mass is 9.91. The largest absolute Gasteiger partial charge is 0.339 e. The third-order valence-electron chi connectivity index (χ3n) is 2.71. The van der Waals surface area contributed by atoms with Gasteiger partial charge in [0.1, 0.15) is 0 Å². The summed E-state index contributed by atoms with van der Waals surface area (Å²) < 4.78 is 5.22. The minimum atomic E-state index is -0.467. The molecule has 4 heteroatoms. The van der Waals surface area contributed by atoms with Crippen LogP contribution in [0.1, 0.15) is 57.7 Å². The Bertz CT molecular complexity index is 339. The first-order valence-corrected chi connectivity index (χ1v) is 5.62. The Morgan fingerprint density at radius 1 is 1.53 bits per heavy atom. The lowest BCUT2D eigenvalue weighted by Gasteiger charge is -2.22. The maximum Gasteiger partial charge on any atom is 0.229 e. The normalized spacial score (nSPS) is 20.6. The zero-order valence-electron chi connectivity index (χ0n) is 9.66. The summed E-state index contributed by atoms with van der Waals surface area (Å²) in [6.07, 6.45) is 3.22. The van der Waals surface area contributed by atoms with E-state index in [1.807, 2.05) is 6.92 Å². The van der Waals surface area contributed by atoms with E-state index in [2.05, 4.69) is 24.0 Å². The molecule has 1 atom stereocenters. The van der Waals surface area contributed by atoms with Gasteiger partial charge in [0, 0.05) is 5.92 Å². The summed E-state index contributed by atoms with van der Waals surface area (Å²) in [5.41, 5.74) is 5.72. The van der Waals surface area contributed by atoms with Crippen LogP contribution in [0, 0.1) is 5.92 Å². The molecule has 0 radical (unpaired) electrons. The van der Waals surface area contributed by atoms with Gasteiger partial charge in [0.2, 0.25) is 5.89 Å². The first-order chi connectivity index (χ1) is 6.99. The van der Waals surface area contributed by atoms with Crippen LogP contribution in [0.3, 0.4) is 0 Å². The smallest absolute Gasteiger partial charge is 0.229 e. The molecule has 2 rings (SSSR count). The van der Waals surface area contributed by atoms with Crippen molar-refractivity contribution in [2.24, 2.45) is 11.7 Å². The lowest BCUT2D eigenvalue weighted by molar-refractivity contribution is 0.327. The van der Waals surface area contributed by atoms with E-state index < -0.39 is 5.54 Å². The fourth-order valence-electron chi connectivity index (χ4n) is 1.90. The van der Waals surface area contributed by atoms with Crippen molar-refractivity contribution in [3.8, 4) is 0 Å². The van der Waals surface area contributed by atoms with Crippen LogP contribution in [0.4, 0.5) is 0 Å². The molecule has 1 aliphatic carbocycles. The molecule has 1 aromatic heterocycles. The summed E-state index contributed by atoms with van der Waals surface area (Å²) in [5, 5.41) is 3.99. The Morgan fingerprint density at radius 3 is 2.73 bits per heavy atom. The zero-order chi connectivity index (χ0) is 11.1. The maximum absolute atomic E-state index is 6.19.